The van der Waals surface area contributed by atoms with Crippen LogP contribution in [0.1, 0.15) is 5.56 Å². The van der Waals surface area contributed by atoms with Gasteiger partial charge in [-0.3, -0.25) is 0 Å². The molecule has 0 unspecified atom stereocenters. The van der Waals surface area contributed by atoms with Gasteiger partial charge in [0.2, 0.25) is 9.84 Å². The molecule has 0 spiro atoms. The standard InChI is InChI=1S/C14H13NO4S/c1-10-6-8-11(9-7-10)20(17,18)13-5-3-2-4-12(13)19-14(15)16/h2-9H,1H3,(H2,15,16). The maximum Gasteiger partial charge on any atom is 0.410 e. The summed E-state index contributed by atoms with van der Waals surface area (Å²) in [6, 6.07) is 12.3. The maximum atomic E-state index is 12.5. The first kappa shape index (κ1) is 14.1. The molecule has 20 heavy (non-hydrogen) atoms. The highest BCUT2D eigenvalue weighted by Crippen LogP contribution is 2.29. The van der Waals surface area contributed by atoms with Gasteiger partial charge in [-0.15, -0.1) is 0 Å². The van der Waals surface area contributed by atoms with Gasteiger partial charge in [0.1, 0.15) is 4.90 Å². The van der Waals surface area contributed by atoms with Gasteiger partial charge in [0.25, 0.3) is 0 Å². The minimum atomic E-state index is -3.76. The lowest BCUT2D eigenvalue weighted by molar-refractivity contribution is 0.209. The van der Waals surface area contributed by atoms with Crippen LogP contribution in [0, 0.1) is 6.92 Å². The first-order valence-corrected chi connectivity index (χ1v) is 7.27. The van der Waals surface area contributed by atoms with Crippen LogP contribution in [0.3, 0.4) is 0 Å². The number of amides is 1. The Labute approximate surface area is 116 Å². The topological polar surface area (TPSA) is 86.5 Å². The van der Waals surface area contributed by atoms with Gasteiger partial charge < -0.3 is 10.5 Å². The molecular weight excluding hydrogens is 278 g/mol. The molecular formula is C14H13NO4S. The number of benzene rings is 2. The van der Waals surface area contributed by atoms with Crippen molar-refractivity contribution in [1.29, 1.82) is 0 Å². The summed E-state index contributed by atoms with van der Waals surface area (Å²) in [5.74, 6) is -0.0828. The zero-order chi connectivity index (χ0) is 14.8. The lowest BCUT2D eigenvalue weighted by atomic mass is 10.2. The smallest absolute Gasteiger partial charge is 0.409 e. The monoisotopic (exact) mass is 291 g/mol. The number of rotatable bonds is 3. The van der Waals surface area contributed by atoms with Crippen molar-refractivity contribution < 1.29 is 17.9 Å². The molecule has 0 saturated carbocycles. The molecule has 2 aromatic rings. The van der Waals surface area contributed by atoms with Gasteiger partial charge in [0, 0.05) is 0 Å². The largest absolute Gasteiger partial charge is 0.410 e. The molecule has 0 fully saturated rings. The van der Waals surface area contributed by atoms with Crippen LogP contribution in [0.4, 0.5) is 4.79 Å². The number of nitrogens with two attached hydrogens (primary N) is 1. The molecule has 5 nitrogen and oxygen atoms in total. The van der Waals surface area contributed by atoms with Gasteiger partial charge >= 0.3 is 6.09 Å². The molecule has 2 rings (SSSR count). The van der Waals surface area contributed by atoms with Gasteiger partial charge in [0.05, 0.1) is 4.90 Å². The quantitative estimate of drug-likeness (QED) is 0.940. The fourth-order valence-corrected chi connectivity index (χ4v) is 3.09. The van der Waals surface area contributed by atoms with E-state index in [-0.39, 0.29) is 15.5 Å². The first-order valence-electron chi connectivity index (χ1n) is 5.79. The van der Waals surface area contributed by atoms with Crippen LogP contribution in [0.25, 0.3) is 0 Å². The van der Waals surface area contributed by atoms with Crippen molar-refractivity contribution >= 4 is 15.9 Å². The average Bonchev–Trinajstić information content (AvgIpc) is 2.39. The van der Waals surface area contributed by atoms with Crippen LogP contribution in [0.2, 0.25) is 0 Å². The molecule has 2 aromatic carbocycles. The van der Waals surface area contributed by atoms with Crippen molar-refractivity contribution in [1.82, 2.24) is 0 Å². The van der Waals surface area contributed by atoms with E-state index in [1.165, 1.54) is 24.3 Å². The van der Waals surface area contributed by atoms with E-state index in [9.17, 15) is 13.2 Å². The van der Waals surface area contributed by atoms with Crippen molar-refractivity contribution in [3.05, 3.63) is 54.1 Å². The van der Waals surface area contributed by atoms with Gasteiger partial charge in [-0.25, -0.2) is 13.2 Å². The fraction of sp³-hybridized carbons (Fsp3) is 0.0714. The molecule has 2 N–H and O–H groups in total. The van der Waals surface area contributed by atoms with Crippen molar-refractivity contribution in [2.75, 3.05) is 0 Å². The van der Waals surface area contributed by atoms with E-state index in [0.29, 0.717) is 0 Å². The molecule has 0 saturated heterocycles. The van der Waals surface area contributed by atoms with E-state index in [1.54, 1.807) is 24.3 Å². The van der Waals surface area contributed by atoms with Crippen molar-refractivity contribution in [3.8, 4) is 5.75 Å². The number of hydrogen-bond donors (Lipinski definition) is 1. The number of hydrogen-bond acceptors (Lipinski definition) is 4. The van der Waals surface area contributed by atoms with Crippen LogP contribution >= 0.6 is 0 Å². The number of primary amides is 1. The molecule has 0 aromatic heterocycles. The number of aryl methyl sites for hydroxylation is 1. The highest BCUT2D eigenvalue weighted by molar-refractivity contribution is 7.91. The number of carbonyl (C=O) groups excluding carboxylic acids is 1. The number of ether oxygens (including phenoxy) is 1. The van der Waals surface area contributed by atoms with Crippen LogP contribution in [-0.4, -0.2) is 14.5 Å². The lowest BCUT2D eigenvalue weighted by Gasteiger charge is -2.09. The minimum Gasteiger partial charge on any atom is -0.409 e. The van der Waals surface area contributed by atoms with Crippen molar-refractivity contribution in [3.63, 3.8) is 0 Å². The van der Waals surface area contributed by atoms with E-state index in [2.05, 4.69) is 0 Å². The summed E-state index contributed by atoms with van der Waals surface area (Å²) in [6.45, 7) is 1.86. The fourth-order valence-electron chi connectivity index (χ4n) is 1.71. The molecule has 1 amide bonds. The highest BCUT2D eigenvalue weighted by Gasteiger charge is 2.22. The molecule has 0 aliphatic carbocycles. The zero-order valence-corrected chi connectivity index (χ0v) is 11.6. The Balaban J connectivity index is 2.54. The second kappa shape index (κ2) is 5.34. The summed E-state index contributed by atoms with van der Waals surface area (Å²) < 4.78 is 29.8. The Morgan fingerprint density at radius 2 is 1.65 bits per heavy atom. The average molecular weight is 291 g/mol. The summed E-state index contributed by atoms with van der Waals surface area (Å²) in [5.41, 5.74) is 5.89. The molecule has 0 bridgehead atoms. The Hall–Kier alpha value is -2.34. The molecule has 0 aliphatic rings. The van der Waals surface area contributed by atoms with Crippen molar-refractivity contribution in [2.24, 2.45) is 5.73 Å². The van der Waals surface area contributed by atoms with Crippen LogP contribution in [0.5, 0.6) is 5.75 Å². The molecule has 104 valence electrons. The lowest BCUT2D eigenvalue weighted by Crippen LogP contribution is -2.18. The third-order valence-electron chi connectivity index (χ3n) is 2.68. The van der Waals surface area contributed by atoms with Crippen LogP contribution < -0.4 is 10.5 Å². The predicted octanol–water partition coefficient (Wildman–Crippen LogP) is 2.29. The Bertz CT molecular complexity index is 736. The van der Waals surface area contributed by atoms with Crippen LogP contribution in [0.15, 0.2) is 58.3 Å². The maximum absolute atomic E-state index is 12.5. The number of sulfone groups is 1. The molecule has 0 heterocycles. The van der Waals surface area contributed by atoms with Crippen LogP contribution in [-0.2, 0) is 9.84 Å². The summed E-state index contributed by atoms with van der Waals surface area (Å²) in [4.78, 5) is 10.9. The molecule has 0 atom stereocenters. The predicted molar refractivity (Wildman–Crippen MR) is 73.3 cm³/mol. The molecule has 0 aliphatic heterocycles. The summed E-state index contributed by atoms with van der Waals surface area (Å²) >= 11 is 0. The highest BCUT2D eigenvalue weighted by atomic mass is 32.2. The first-order chi connectivity index (χ1) is 9.41. The van der Waals surface area contributed by atoms with Crippen molar-refractivity contribution in [2.45, 2.75) is 16.7 Å². The normalized spacial score (nSPS) is 11.1. The van der Waals surface area contributed by atoms with Gasteiger partial charge in [-0.1, -0.05) is 29.8 Å². The Kier molecular flexibility index (Phi) is 3.76. The van der Waals surface area contributed by atoms with E-state index >= 15 is 0 Å². The number of para-hydroxylation sites is 1. The summed E-state index contributed by atoms with van der Waals surface area (Å²) in [5, 5.41) is 0. The Morgan fingerprint density at radius 1 is 1.05 bits per heavy atom. The zero-order valence-electron chi connectivity index (χ0n) is 10.7. The van der Waals surface area contributed by atoms with Gasteiger partial charge in [-0.05, 0) is 31.2 Å². The van der Waals surface area contributed by atoms with E-state index in [0.717, 1.165) is 5.56 Å². The molecule has 0 radical (unpaired) electrons. The Morgan fingerprint density at radius 3 is 2.25 bits per heavy atom. The minimum absolute atomic E-state index is 0.0828. The van der Waals surface area contributed by atoms with E-state index < -0.39 is 15.9 Å². The second-order valence-corrected chi connectivity index (χ2v) is 6.10. The second-order valence-electron chi connectivity index (χ2n) is 4.18. The SMILES string of the molecule is Cc1ccc(S(=O)(=O)c2ccccc2OC(N)=O)cc1. The van der Waals surface area contributed by atoms with Gasteiger partial charge in [0.15, 0.2) is 5.75 Å². The molecule has 6 heteroatoms. The summed E-state index contributed by atoms with van der Waals surface area (Å²) in [6.07, 6.45) is -1.06. The van der Waals surface area contributed by atoms with E-state index in [4.69, 9.17) is 10.5 Å². The third kappa shape index (κ3) is 2.80. The third-order valence-corrected chi connectivity index (χ3v) is 4.49. The van der Waals surface area contributed by atoms with Gasteiger partial charge in [-0.2, -0.15) is 0 Å². The van der Waals surface area contributed by atoms with E-state index in [1.807, 2.05) is 6.92 Å². The summed E-state index contributed by atoms with van der Waals surface area (Å²) in [7, 11) is -3.76. The number of carbonyl (C=O) groups is 1.